The lowest BCUT2D eigenvalue weighted by Gasteiger charge is -2.62. The molecule has 2 bridgehead atoms. The predicted molar refractivity (Wildman–Crippen MR) is 85.5 cm³/mol. The standard InChI is InChI=1S/C20H32/c1-17(2)8-5-9-19(4)15(17)7-11-20-13-12-18(3,14-20)10-6-16(19)20/h5,9,15-16H,6-8,10-14H2,1-4H3/t15-,16+,18-,19-,20+/m1/s1. The molecule has 0 radical (unpaired) electrons. The lowest BCUT2D eigenvalue weighted by atomic mass is 9.42. The van der Waals surface area contributed by atoms with Crippen LogP contribution in [0.1, 0.15) is 79.1 Å². The summed E-state index contributed by atoms with van der Waals surface area (Å²) in [5.74, 6) is 1.89. The highest BCUT2D eigenvalue weighted by Crippen LogP contribution is 2.72. The van der Waals surface area contributed by atoms with Gasteiger partial charge in [0.1, 0.15) is 0 Å². The SMILES string of the molecule is CC1(C)CC=C[C@]2(C)[C@@H]1CC[C@@]13CC[C@@](C)(CC[C@H]12)C3. The van der Waals surface area contributed by atoms with Crippen molar-refractivity contribution in [3.8, 4) is 0 Å². The Morgan fingerprint density at radius 2 is 1.60 bits per heavy atom. The molecule has 1 spiro atoms. The van der Waals surface area contributed by atoms with Crippen LogP contribution in [0.4, 0.5) is 0 Å². The average molecular weight is 272 g/mol. The van der Waals surface area contributed by atoms with Gasteiger partial charge in [-0.2, -0.15) is 0 Å². The van der Waals surface area contributed by atoms with Crippen LogP contribution in [0, 0.1) is 33.5 Å². The van der Waals surface area contributed by atoms with Gasteiger partial charge < -0.3 is 0 Å². The summed E-state index contributed by atoms with van der Waals surface area (Å²) in [6.07, 6.45) is 17.1. The van der Waals surface area contributed by atoms with Gasteiger partial charge in [-0.25, -0.2) is 0 Å². The van der Waals surface area contributed by atoms with E-state index in [0.29, 0.717) is 16.2 Å². The van der Waals surface area contributed by atoms with Crippen molar-refractivity contribution in [2.24, 2.45) is 33.5 Å². The minimum Gasteiger partial charge on any atom is -0.0874 e. The van der Waals surface area contributed by atoms with E-state index in [9.17, 15) is 0 Å². The van der Waals surface area contributed by atoms with E-state index >= 15 is 0 Å². The first kappa shape index (κ1) is 13.4. The zero-order valence-electron chi connectivity index (χ0n) is 14.0. The fraction of sp³-hybridized carbons (Fsp3) is 0.900. The van der Waals surface area contributed by atoms with E-state index in [1.807, 2.05) is 0 Å². The maximum absolute atomic E-state index is 2.66. The van der Waals surface area contributed by atoms with Gasteiger partial charge >= 0.3 is 0 Å². The summed E-state index contributed by atoms with van der Waals surface area (Å²) in [5, 5.41) is 0. The van der Waals surface area contributed by atoms with Gasteiger partial charge in [0.05, 0.1) is 0 Å². The molecule has 0 saturated heterocycles. The van der Waals surface area contributed by atoms with E-state index in [1.165, 1.54) is 44.9 Å². The molecule has 112 valence electrons. The molecule has 0 heterocycles. The summed E-state index contributed by atoms with van der Waals surface area (Å²) in [5.41, 5.74) is 2.43. The molecule has 4 aliphatic rings. The molecule has 4 aliphatic carbocycles. The van der Waals surface area contributed by atoms with Crippen LogP contribution in [0.3, 0.4) is 0 Å². The molecule has 5 atom stereocenters. The van der Waals surface area contributed by atoms with Crippen LogP contribution in [0.2, 0.25) is 0 Å². The minimum atomic E-state index is 0.492. The molecular weight excluding hydrogens is 240 g/mol. The van der Waals surface area contributed by atoms with Crippen LogP contribution in [-0.4, -0.2) is 0 Å². The predicted octanol–water partition coefficient (Wildman–Crippen LogP) is 5.98. The van der Waals surface area contributed by atoms with Crippen molar-refractivity contribution in [2.45, 2.75) is 79.1 Å². The van der Waals surface area contributed by atoms with E-state index in [-0.39, 0.29) is 0 Å². The largest absolute Gasteiger partial charge is 0.0874 e. The maximum atomic E-state index is 2.66. The quantitative estimate of drug-likeness (QED) is 0.476. The third-order valence-electron chi connectivity index (χ3n) is 8.28. The molecule has 0 aromatic carbocycles. The van der Waals surface area contributed by atoms with Crippen LogP contribution in [-0.2, 0) is 0 Å². The molecule has 3 fully saturated rings. The smallest absolute Gasteiger partial charge is 0.00796 e. The second-order valence-corrected chi connectivity index (χ2v) is 9.99. The van der Waals surface area contributed by atoms with Crippen molar-refractivity contribution in [1.29, 1.82) is 0 Å². The average Bonchev–Trinajstić information content (AvgIpc) is 2.58. The Balaban J connectivity index is 1.77. The number of fused-ring (bicyclic) bond motifs is 3. The molecule has 0 aromatic heterocycles. The van der Waals surface area contributed by atoms with Crippen molar-refractivity contribution in [3.05, 3.63) is 12.2 Å². The Morgan fingerprint density at radius 1 is 0.850 bits per heavy atom. The van der Waals surface area contributed by atoms with Crippen molar-refractivity contribution >= 4 is 0 Å². The van der Waals surface area contributed by atoms with E-state index < -0.39 is 0 Å². The molecule has 0 aromatic rings. The molecule has 0 unspecified atom stereocenters. The van der Waals surface area contributed by atoms with E-state index in [1.54, 1.807) is 6.42 Å². The first-order valence-electron chi connectivity index (χ1n) is 8.98. The third kappa shape index (κ3) is 1.54. The Kier molecular flexibility index (Phi) is 2.50. The fourth-order valence-corrected chi connectivity index (χ4v) is 7.46. The van der Waals surface area contributed by atoms with Crippen LogP contribution in [0.15, 0.2) is 12.2 Å². The maximum Gasteiger partial charge on any atom is -0.00796 e. The monoisotopic (exact) mass is 272 g/mol. The normalized spacial score (nSPS) is 56.2. The molecule has 20 heavy (non-hydrogen) atoms. The second-order valence-electron chi connectivity index (χ2n) is 9.99. The van der Waals surface area contributed by atoms with Gasteiger partial charge in [0.25, 0.3) is 0 Å². The lowest BCUT2D eigenvalue weighted by Crippen LogP contribution is -2.54. The first-order valence-corrected chi connectivity index (χ1v) is 8.98. The highest BCUT2D eigenvalue weighted by atomic mass is 14.7. The number of hydrogen-bond donors (Lipinski definition) is 0. The highest BCUT2D eigenvalue weighted by molar-refractivity contribution is 5.20. The Morgan fingerprint density at radius 3 is 2.40 bits per heavy atom. The van der Waals surface area contributed by atoms with Gasteiger partial charge in [-0.3, -0.25) is 0 Å². The van der Waals surface area contributed by atoms with E-state index in [4.69, 9.17) is 0 Å². The Bertz CT molecular complexity index is 459. The van der Waals surface area contributed by atoms with Crippen molar-refractivity contribution in [3.63, 3.8) is 0 Å². The first-order chi connectivity index (χ1) is 9.30. The molecule has 0 aliphatic heterocycles. The topological polar surface area (TPSA) is 0 Å². The Labute approximate surface area is 125 Å². The summed E-state index contributed by atoms with van der Waals surface area (Å²) in [6, 6.07) is 0. The summed E-state index contributed by atoms with van der Waals surface area (Å²) in [4.78, 5) is 0. The zero-order valence-corrected chi connectivity index (χ0v) is 14.0. The van der Waals surface area contributed by atoms with E-state index in [2.05, 4.69) is 39.8 Å². The summed E-state index contributed by atoms with van der Waals surface area (Å²) < 4.78 is 0. The van der Waals surface area contributed by atoms with Crippen molar-refractivity contribution in [1.82, 2.24) is 0 Å². The van der Waals surface area contributed by atoms with Gasteiger partial charge in [0.15, 0.2) is 0 Å². The molecule has 0 heteroatoms. The fourth-order valence-electron chi connectivity index (χ4n) is 7.46. The van der Waals surface area contributed by atoms with Gasteiger partial charge in [0.2, 0.25) is 0 Å². The van der Waals surface area contributed by atoms with Crippen LogP contribution < -0.4 is 0 Å². The molecule has 0 amide bonds. The molecule has 0 N–H and O–H groups in total. The molecular formula is C20H32. The highest BCUT2D eigenvalue weighted by Gasteiger charge is 2.63. The molecule has 3 saturated carbocycles. The second kappa shape index (κ2) is 3.73. The summed E-state index contributed by atoms with van der Waals surface area (Å²) in [7, 11) is 0. The minimum absolute atomic E-state index is 0.492. The third-order valence-corrected chi connectivity index (χ3v) is 8.28. The van der Waals surface area contributed by atoms with Crippen molar-refractivity contribution in [2.75, 3.05) is 0 Å². The van der Waals surface area contributed by atoms with Crippen molar-refractivity contribution < 1.29 is 0 Å². The number of allylic oxidation sites excluding steroid dienone is 2. The lowest BCUT2D eigenvalue weighted by molar-refractivity contribution is -0.106. The summed E-state index contributed by atoms with van der Waals surface area (Å²) >= 11 is 0. The van der Waals surface area contributed by atoms with Gasteiger partial charge in [0, 0.05) is 0 Å². The zero-order chi connectivity index (χ0) is 14.2. The Hall–Kier alpha value is -0.260. The van der Waals surface area contributed by atoms with Gasteiger partial charge in [-0.05, 0) is 84.9 Å². The van der Waals surface area contributed by atoms with Crippen LogP contribution >= 0.6 is 0 Å². The van der Waals surface area contributed by atoms with Gasteiger partial charge in [-0.15, -0.1) is 0 Å². The molecule has 4 rings (SSSR count). The van der Waals surface area contributed by atoms with Gasteiger partial charge in [-0.1, -0.05) is 39.8 Å². The van der Waals surface area contributed by atoms with Crippen LogP contribution in [0.5, 0.6) is 0 Å². The molecule has 0 nitrogen and oxygen atoms in total. The van der Waals surface area contributed by atoms with Crippen LogP contribution in [0.25, 0.3) is 0 Å². The summed E-state index contributed by atoms with van der Waals surface area (Å²) in [6.45, 7) is 10.3. The number of rotatable bonds is 0. The van der Waals surface area contributed by atoms with E-state index in [0.717, 1.165) is 17.3 Å². The number of hydrogen-bond acceptors (Lipinski definition) is 0.